The predicted molar refractivity (Wildman–Crippen MR) is 135 cm³/mol. The molecule has 6 nitrogen and oxygen atoms in total. The van der Waals surface area contributed by atoms with Crippen molar-refractivity contribution in [3.8, 4) is 0 Å². The molecule has 4 rings (SSSR count). The van der Waals surface area contributed by atoms with Crippen molar-refractivity contribution in [2.75, 3.05) is 0 Å². The topological polar surface area (TPSA) is 68.1 Å². The van der Waals surface area contributed by atoms with E-state index in [4.69, 9.17) is 0 Å². The Labute approximate surface area is 199 Å². The second-order valence-electron chi connectivity index (χ2n) is 8.58. The van der Waals surface area contributed by atoms with E-state index in [9.17, 15) is 9.59 Å². The lowest BCUT2D eigenvalue weighted by Gasteiger charge is -2.24. The predicted octanol–water partition coefficient (Wildman–Crippen LogP) is 5.13. The average molecular weight is 455 g/mol. The van der Waals surface area contributed by atoms with Crippen LogP contribution in [0.4, 0.5) is 0 Å². The van der Waals surface area contributed by atoms with Gasteiger partial charge in [-0.1, -0.05) is 68.3 Å². The van der Waals surface area contributed by atoms with Crippen LogP contribution in [0.3, 0.4) is 0 Å². The Bertz CT molecular complexity index is 1330. The van der Waals surface area contributed by atoms with Crippen molar-refractivity contribution < 1.29 is 4.79 Å². The molecule has 0 atom stereocenters. The molecule has 2 aromatic heterocycles. The van der Waals surface area contributed by atoms with E-state index < -0.39 is 0 Å². The molecule has 0 aliphatic heterocycles. The highest BCUT2D eigenvalue weighted by Gasteiger charge is 2.23. The van der Waals surface area contributed by atoms with Crippen LogP contribution in [0.25, 0.3) is 10.8 Å². The Balaban J connectivity index is 1.78. The third kappa shape index (κ3) is 5.22. The second kappa shape index (κ2) is 10.9. The first kappa shape index (κ1) is 23.4. The van der Waals surface area contributed by atoms with Gasteiger partial charge in [0.25, 0.3) is 11.5 Å². The van der Waals surface area contributed by atoms with Crippen molar-refractivity contribution in [2.45, 2.75) is 52.7 Å². The van der Waals surface area contributed by atoms with Gasteiger partial charge in [-0.05, 0) is 42.2 Å². The molecule has 2 aromatic carbocycles. The fourth-order valence-electron chi connectivity index (χ4n) is 4.11. The molecule has 1 amide bonds. The van der Waals surface area contributed by atoms with Crippen LogP contribution in [0, 0.1) is 6.92 Å². The quantitative estimate of drug-likeness (QED) is 0.329. The molecule has 0 unspecified atom stereocenters. The number of fused-ring (bicyclic) bond motifs is 1. The largest absolute Gasteiger partial charge is 0.329 e. The molecule has 0 bridgehead atoms. The van der Waals surface area contributed by atoms with Gasteiger partial charge >= 0.3 is 0 Å². The third-order valence-electron chi connectivity index (χ3n) is 6.05. The summed E-state index contributed by atoms with van der Waals surface area (Å²) in [6.45, 7) is 5.49. The van der Waals surface area contributed by atoms with E-state index in [0.717, 1.165) is 36.0 Å². The number of amides is 1. The minimum atomic E-state index is -0.201. The third-order valence-corrected chi connectivity index (χ3v) is 6.05. The van der Waals surface area contributed by atoms with Crippen molar-refractivity contribution in [3.05, 3.63) is 106 Å². The van der Waals surface area contributed by atoms with Crippen LogP contribution in [0.15, 0.2) is 77.9 Å². The zero-order chi connectivity index (χ0) is 23.9. The molecule has 174 valence electrons. The van der Waals surface area contributed by atoms with Crippen LogP contribution < -0.4 is 5.56 Å². The van der Waals surface area contributed by atoms with E-state index in [1.807, 2.05) is 61.5 Å². The molecular weight excluding hydrogens is 424 g/mol. The number of hydrogen-bond acceptors (Lipinski definition) is 4. The number of pyridine rings is 1. The summed E-state index contributed by atoms with van der Waals surface area (Å²) in [5, 5.41) is 5.71. The molecule has 0 saturated carbocycles. The standard InChI is InChI=1S/C28H30N4O2/c1-3-4-9-17-32-27(33)25-15-8-7-14-24(25)26(30-32)28(34)31(19-22-12-10-16-29-18-22)20-23-13-6-5-11-21(23)2/h5-8,10-16,18H,3-4,9,17,19-20H2,1-2H3. The Morgan fingerprint density at radius 1 is 0.941 bits per heavy atom. The van der Waals surface area contributed by atoms with Crippen LogP contribution in [-0.4, -0.2) is 25.6 Å². The molecule has 0 radical (unpaired) electrons. The van der Waals surface area contributed by atoms with Crippen LogP contribution in [0.2, 0.25) is 0 Å². The van der Waals surface area contributed by atoms with E-state index >= 15 is 0 Å². The number of carbonyl (C=O) groups excluding carboxylic acids is 1. The number of aromatic nitrogens is 3. The lowest BCUT2D eigenvalue weighted by molar-refractivity contribution is 0.0723. The molecular formula is C28H30N4O2. The molecule has 2 heterocycles. The first-order valence-corrected chi connectivity index (χ1v) is 11.8. The van der Waals surface area contributed by atoms with Crippen molar-refractivity contribution in [2.24, 2.45) is 0 Å². The van der Waals surface area contributed by atoms with Crippen LogP contribution in [-0.2, 0) is 19.6 Å². The zero-order valence-corrected chi connectivity index (χ0v) is 19.8. The normalized spacial score (nSPS) is 11.0. The minimum absolute atomic E-state index is 0.152. The van der Waals surface area contributed by atoms with Gasteiger partial charge in [0, 0.05) is 37.4 Å². The number of unbranched alkanes of at least 4 members (excludes halogenated alkanes) is 2. The summed E-state index contributed by atoms with van der Waals surface area (Å²) in [4.78, 5) is 33.1. The minimum Gasteiger partial charge on any atom is -0.329 e. The van der Waals surface area contributed by atoms with E-state index in [2.05, 4.69) is 17.0 Å². The zero-order valence-electron chi connectivity index (χ0n) is 19.8. The summed E-state index contributed by atoms with van der Waals surface area (Å²) < 4.78 is 1.46. The summed E-state index contributed by atoms with van der Waals surface area (Å²) in [6.07, 6.45) is 6.39. The Kier molecular flexibility index (Phi) is 7.48. The van der Waals surface area contributed by atoms with Gasteiger partial charge in [0.15, 0.2) is 5.69 Å². The lowest BCUT2D eigenvalue weighted by Crippen LogP contribution is -2.34. The maximum Gasteiger partial charge on any atom is 0.275 e. The lowest BCUT2D eigenvalue weighted by atomic mass is 10.1. The van der Waals surface area contributed by atoms with E-state index in [1.54, 1.807) is 23.4 Å². The average Bonchev–Trinajstić information content (AvgIpc) is 2.87. The van der Waals surface area contributed by atoms with E-state index in [0.29, 0.717) is 36.1 Å². The molecule has 6 heteroatoms. The van der Waals surface area contributed by atoms with Gasteiger partial charge < -0.3 is 4.90 Å². The molecule has 0 N–H and O–H groups in total. The maximum absolute atomic E-state index is 14.0. The van der Waals surface area contributed by atoms with Crippen molar-refractivity contribution in [1.82, 2.24) is 19.7 Å². The van der Waals surface area contributed by atoms with Gasteiger partial charge in [0.1, 0.15) is 0 Å². The number of aryl methyl sites for hydroxylation is 2. The first-order valence-electron chi connectivity index (χ1n) is 11.8. The van der Waals surface area contributed by atoms with Gasteiger partial charge in [-0.2, -0.15) is 5.10 Å². The van der Waals surface area contributed by atoms with E-state index in [1.165, 1.54) is 4.68 Å². The Morgan fingerprint density at radius 2 is 1.71 bits per heavy atom. The fourth-order valence-corrected chi connectivity index (χ4v) is 4.11. The van der Waals surface area contributed by atoms with Gasteiger partial charge in [-0.15, -0.1) is 0 Å². The summed E-state index contributed by atoms with van der Waals surface area (Å²) >= 11 is 0. The Hall–Kier alpha value is -3.80. The summed E-state index contributed by atoms with van der Waals surface area (Å²) in [5.74, 6) is -0.201. The SMILES string of the molecule is CCCCCn1nc(C(=O)N(Cc2cccnc2)Cc2ccccc2C)c2ccccc2c1=O. The number of hydrogen-bond donors (Lipinski definition) is 0. The summed E-state index contributed by atoms with van der Waals surface area (Å²) in [7, 11) is 0. The second-order valence-corrected chi connectivity index (χ2v) is 8.58. The van der Waals surface area contributed by atoms with Gasteiger partial charge in [-0.3, -0.25) is 14.6 Å². The van der Waals surface area contributed by atoms with Crippen molar-refractivity contribution in [1.29, 1.82) is 0 Å². The number of nitrogens with zero attached hydrogens (tertiary/aromatic N) is 4. The Morgan fingerprint density at radius 3 is 2.44 bits per heavy atom. The smallest absolute Gasteiger partial charge is 0.275 e. The number of carbonyl (C=O) groups is 1. The van der Waals surface area contributed by atoms with Gasteiger partial charge in [0.05, 0.1) is 5.39 Å². The van der Waals surface area contributed by atoms with Crippen LogP contribution in [0.1, 0.15) is 53.4 Å². The summed E-state index contributed by atoms with van der Waals surface area (Å²) in [6, 6.07) is 19.1. The molecule has 0 saturated heterocycles. The van der Waals surface area contributed by atoms with Gasteiger partial charge in [0.2, 0.25) is 0 Å². The molecule has 0 aliphatic rings. The molecule has 4 aromatic rings. The number of benzene rings is 2. The van der Waals surface area contributed by atoms with Crippen LogP contribution >= 0.6 is 0 Å². The van der Waals surface area contributed by atoms with Crippen molar-refractivity contribution >= 4 is 16.7 Å². The molecule has 0 fully saturated rings. The highest BCUT2D eigenvalue weighted by atomic mass is 16.2. The summed E-state index contributed by atoms with van der Waals surface area (Å²) in [5.41, 5.74) is 3.28. The first-order chi connectivity index (χ1) is 16.6. The fraction of sp³-hybridized carbons (Fsp3) is 0.286. The van der Waals surface area contributed by atoms with Gasteiger partial charge in [-0.25, -0.2) is 4.68 Å². The maximum atomic E-state index is 14.0. The van der Waals surface area contributed by atoms with Crippen LogP contribution in [0.5, 0.6) is 0 Å². The molecule has 0 spiro atoms. The number of rotatable bonds is 9. The van der Waals surface area contributed by atoms with Crippen molar-refractivity contribution in [3.63, 3.8) is 0 Å². The molecule has 34 heavy (non-hydrogen) atoms. The van der Waals surface area contributed by atoms with E-state index in [-0.39, 0.29) is 11.5 Å². The highest BCUT2D eigenvalue weighted by molar-refractivity contribution is 6.04. The molecule has 0 aliphatic carbocycles. The highest BCUT2D eigenvalue weighted by Crippen LogP contribution is 2.20. The monoisotopic (exact) mass is 454 g/mol.